The third-order valence-electron chi connectivity index (χ3n) is 3.41. The van der Waals surface area contributed by atoms with Crippen LogP contribution in [0.5, 0.6) is 11.5 Å². The first-order valence-corrected chi connectivity index (χ1v) is 7.22. The minimum absolute atomic E-state index is 0.126. The third-order valence-corrected chi connectivity index (χ3v) is 3.41. The number of hydrogen-bond donors (Lipinski definition) is 2. The first-order valence-electron chi connectivity index (χ1n) is 7.22. The van der Waals surface area contributed by atoms with Crippen molar-refractivity contribution in [1.82, 2.24) is 15.3 Å². The highest BCUT2D eigenvalue weighted by Gasteiger charge is 2.18. The molecule has 0 bridgehead atoms. The fourth-order valence-corrected chi connectivity index (χ4v) is 2.33. The van der Waals surface area contributed by atoms with E-state index in [1.807, 2.05) is 24.4 Å². The number of nitrogens with one attached hydrogen (secondary N) is 2. The lowest BCUT2D eigenvalue weighted by molar-refractivity contribution is 0.388. The van der Waals surface area contributed by atoms with Crippen LogP contribution in [0.4, 0.5) is 0 Å². The number of benzene rings is 1. The summed E-state index contributed by atoms with van der Waals surface area (Å²) < 4.78 is 10.8. The second-order valence-corrected chi connectivity index (χ2v) is 4.85. The zero-order chi connectivity index (χ0) is 15.1. The van der Waals surface area contributed by atoms with Crippen molar-refractivity contribution in [2.24, 2.45) is 0 Å². The Morgan fingerprint density at radius 2 is 2.14 bits per heavy atom. The average Bonchev–Trinajstić information content (AvgIpc) is 3.03. The third kappa shape index (κ3) is 3.98. The van der Waals surface area contributed by atoms with E-state index in [2.05, 4.69) is 22.2 Å². The van der Waals surface area contributed by atoms with Crippen LogP contribution in [0.15, 0.2) is 30.6 Å². The lowest BCUT2D eigenvalue weighted by Gasteiger charge is -2.21. The van der Waals surface area contributed by atoms with Gasteiger partial charge < -0.3 is 19.8 Å². The molecule has 1 aromatic heterocycles. The van der Waals surface area contributed by atoms with Gasteiger partial charge in [0.1, 0.15) is 17.3 Å². The van der Waals surface area contributed by atoms with Gasteiger partial charge in [-0.2, -0.15) is 0 Å². The Kier molecular flexibility index (Phi) is 5.63. The van der Waals surface area contributed by atoms with Crippen LogP contribution in [0, 0.1) is 0 Å². The monoisotopic (exact) mass is 289 g/mol. The first-order chi connectivity index (χ1) is 10.3. The zero-order valence-corrected chi connectivity index (χ0v) is 12.8. The fourth-order valence-electron chi connectivity index (χ4n) is 2.33. The fraction of sp³-hybridized carbons (Fsp3) is 0.438. The number of nitrogens with zero attached hydrogens (tertiary/aromatic N) is 1. The number of methoxy groups -OCH3 is 2. The van der Waals surface area contributed by atoms with Crippen molar-refractivity contribution in [3.8, 4) is 11.5 Å². The molecule has 1 atom stereocenters. The quantitative estimate of drug-likeness (QED) is 0.784. The molecule has 2 aromatic rings. The Balaban J connectivity index is 2.29. The first kappa shape index (κ1) is 15.4. The SMILES string of the molecule is CCCNC(Cc1ncc[nH]1)c1cc(OC)ccc1OC. The van der Waals surface area contributed by atoms with Crippen molar-refractivity contribution >= 4 is 0 Å². The minimum Gasteiger partial charge on any atom is -0.497 e. The molecule has 0 spiro atoms. The number of ether oxygens (including phenoxy) is 2. The Morgan fingerprint density at radius 1 is 1.29 bits per heavy atom. The van der Waals surface area contributed by atoms with Crippen LogP contribution in [-0.4, -0.2) is 30.7 Å². The molecule has 5 heteroatoms. The molecule has 21 heavy (non-hydrogen) atoms. The van der Waals surface area contributed by atoms with Gasteiger partial charge in [-0.3, -0.25) is 0 Å². The Hall–Kier alpha value is -2.01. The highest BCUT2D eigenvalue weighted by Crippen LogP contribution is 2.30. The van der Waals surface area contributed by atoms with E-state index in [0.29, 0.717) is 0 Å². The van der Waals surface area contributed by atoms with E-state index in [-0.39, 0.29) is 6.04 Å². The van der Waals surface area contributed by atoms with Gasteiger partial charge in [0.05, 0.1) is 14.2 Å². The van der Waals surface area contributed by atoms with Crippen molar-refractivity contribution in [3.63, 3.8) is 0 Å². The standard InChI is InChI=1S/C16H23N3O2/c1-4-7-17-14(11-16-18-8-9-19-16)13-10-12(20-2)5-6-15(13)21-3/h5-6,8-10,14,17H,4,7,11H2,1-3H3,(H,18,19). The molecule has 114 valence electrons. The van der Waals surface area contributed by atoms with Crippen LogP contribution < -0.4 is 14.8 Å². The lowest BCUT2D eigenvalue weighted by atomic mass is 10.0. The predicted molar refractivity (Wildman–Crippen MR) is 82.9 cm³/mol. The molecule has 0 aliphatic rings. The summed E-state index contributed by atoms with van der Waals surface area (Å²) in [6, 6.07) is 6.00. The van der Waals surface area contributed by atoms with Gasteiger partial charge in [-0.1, -0.05) is 6.92 Å². The normalized spacial score (nSPS) is 12.1. The van der Waals surface area contributed by atoms with Gasteiger partial charge in [0, 0.05) is 30.4 Å². The average molecular weight is 289 g/mol. The summed E-state index contributed by atoms with van der Waals surface area (Å²) in [5, 5.41) is 3.55. The molecule has 0 radical (unpaired) electrons. The predicted octanol–water partition coefficient (Wildman–Crippen LogP) is 2.71. The van der Waals surface area contributed by atoms with E-state index in [0.717, 1.165) is 42.3 Å². The highest BCUT2D eigenvalue weighted by molar-refractivity contribution is 5.42. The molecule has 1 unspecified atom stereocenters. The van der Waals surface area contributed by atoms with E-state index in [1.54, 1.807) is 20.4 Å². The van der Waals surface area contributed by atoms with E-state index in [1.165, 1.54) is 0 Å². The topological polar surface area (TPSA) is 59.2 Å². The van der Waals surface area contributed by atoms with Crippen LogP contribution in [0.1, 0.15) is 30.8 Å². The molecule has 1 aromatic carbocycles. The zero-order valence-electron chi connectivity index (χ0n) is 12.8. The van der Waals surface area contributed by atoms with Gasteiger partial charge in [0.15, 0.2) is 0 Å². The van der Waals surface area contributed by atoms with Crippen molar-refractivity contribution in [2.75, 3.05) is 20.8 Å². The van der Waals surface area contributed by atoms with Crippen molar-refractivity contribution < 1.29 is 9.47 Å². The summed E-state index contributed by atoms with van der Waals surface area (Å²) in [5.41, 5.74) is 1.08. The van der Waals surface area contributed by atoms with Gasteiger partial charge in [-0.15, -0.1) is 0 Å². The number of H-pyrrole nitrogens is 1. The van der Waals surface area contributed by atoms with Crippen LogP contribution in [-0.2, 0) is 6.42 Å². The molecular formula is C16H23N3O2. The second-order valence-electron chi connectivity index (χ2n) is 4.85. The van der Waals surface area contributed by atoms with Crippen LogP contribution >= 0.6 is 0 Å². The van der Waals surface area contributed by atoms with Gasteiger partial charge in [-0.05, 0) is 31.2 Å². The molecule has 2 rings (SSSR count). The minimum atomic E-state index is 0.126. The van der Waals surface area contributed by atoms with E-state index in [9.17, 15) is 0 Å². The molecule has 0 amide bonds. The maximum Gasteiger partial charge on any atom is 0.123 e. The highest BCUT2D eigenvalue weighted by atomic mass is 16.5. The summed E-state index contributed by atoms with van der Waals surface area (Å²) in [7, 11) is 3.36. The number of aromatic nitrogens is 2. The van der Waals surface area contributed by atoms with E-state index in [4.69, 9.17) is 9.47 Å². The summed E-state index contributed by atoms with van der Waals surface area (Å²) in [5.74, 6) is 2.64. The van der Waals surface area contributed by atoms with Gasteiger partial charge in [0.25, 0.3) is 0 Å². The molecule has 1 heterocycles. The molecule has 0 saturated carbocycles. The molecule has 0 fully saturated rings. The van der Waals surface area contributed by atoms with E-state index < -0.39 is 0 Å². The van der Waals surface area contributed by atoms with Gasteiger partial charge >= 0.3 is 0 Å². The second kappa shape index (κ2) is 7.69. The smallest absolute Gasteiger partial charge is 0.123 e. The van der Waals surface area contributed by atoms with Crippen LogP contribution in [0.2, 0.25) is 0 Å². The maximum atomic E-state index is 5.50. The van der Waals surface area contributed by atoms with Crippen molar-refractivity contribution in [3.05, 3.63) is 42.0 Å². The summed E-state index contributed by atoms with van der Waals surface area (Å²) in [6.45, 7) is 3.09. The Morgan fingerprint density at radius 3 is 2.76 bits per heavy atom. The van der Waals surface area contributed by atoms with Crippen LogP contribution in [0.25, 0.3) is 0 Å². The number of imidazole rings is 1. The number of aromatic amines is 1. The molecule has 0 aliphatic carbocycles. The number of rotatable bonds is 8. The van der Waals surface area contributed by atoms with E-state index >= 15 is 0 Å². The summed E-state index contributed by atoms with van der Waals surface area (Å²) in [6.07, 6.45) is 5.46. The molecule has 0 aliphatic heterocycles. The Bertz CT molecular complexity index is 540. The van der Waals surface area contributed by atoms with Gasteiger partial charge in [-0.25, -0.2) is 4.98 Å². The van der Waals surface area contributed by atoms with Gasteiger partial charge in [0.2, 0.25) is 0 Å². The summed E-state index contributed by atoms with van der Waals surface area (Å²) in [4.78, 5) is 7.48. The van der Waals surface area contributed by atoms with Crippen molar-refractivity contribution in [2.45, 2.75) is 25.8 Å². The summed E-state index contributed by atoms with van der Waals surface area (Å²) >= 11 is 0. The number of hydrogen-bond acceptors (Lipinski definition) is 4. The molecule has 0 saturated heterocycles. The molecule has 5 nitrogen and oxygen atoms in total. The Labute approximate surface area is 125 Å². The largest absolute Gasteiger partial charge is 0.497 e. The molecule has 2 N–H and O–H groups in total. The van der Waals surface area contributed by atoms with Crippen molar-refractivity contribution in [1.29, 1.82) is 0 Å². The molecular weight excluding hydrogens is 266 g/mol. The lowest BCUT2D eigenvalue weighted by Crippen LogP contribution is -2.25. The maximum absolute atomic E-state index is 5.50. The van der Waals surface area contributed by atoms with Crippen LogP contribution in [0.3, 0.4) is 0 Å².